The van der Waals surface area contributed by atoms with Gasteiger partial charge in [0, 0.05) is 25.1 Å². The molecule has 0 saturated carbocycles. The van der Waals surface area contributed by atoms with Crippen LogP contribution in [0.25, 0.3) is 0 Å². The lowest BCUT2D eigenvalue weighted by atomic mass is 10.0. The van der Waals surface area contributed by atoms with E-state index < -0.39 is 6.04 Å². The Morgan fingerprint density at radius 1 is 1.29 bits per heavy atom. The smallest absolute Gasteiger partial charge is 0.251 e. The van der Waals surface area contributed by atoms with E-state index in [4.69, 9.17) is 17.0 Å². The summed E-state index contributed by atoms with van der Waals surface area (Å²) in [4.78, 5) is 25.1. The number of hydrogen-bond acceptors (Lipinski definition) is 5. The third-order valence-corrected chi connectivity index (χ3v) is 4.70. The Morgan fingerprint density at radius 2 is 1.96 bits per heavy atom. The molecule has 0 aliphatic rings. The molecule has 8 nitrogen and oxygen atoms in total. The molecule has 0 fully saturated rings. The number of ether oxygens (including phenoxy) is 1. The van der Waals surface area contributed by atoms with Gasteiger partial charge in [-0.3, -0.25) is 14.7 Å². The zero-order valence-electron chi connectivity index (χ0n) is 16.6. The number of carbonyl (C=O) groups is 2. The fraction of sp³-hybridized carbons (Fsp3) is 0.474. The van der Waals surface area contributed by atoms with Crippen molar-refractivity contribution >= 4 is 24.0 Å². The second kappa shape index (κ2) is 10.0. The molecule has 1 unspecified atom stereocenters. The summed E-state index contributed by atoms with van der Waals surface area (Å²) in [5.74, 6) is 0.862. The quantitative estimate of drug-likeness (QED) is 0.555. The van der Waals surface area contributed by atoms with E-state index in [9.17, 15) is 9.59 Å². The largest absolute Gasteiger partial charge is 0.497 e. The number of carbonyl (C=O) groups excluding carboxylic acids is 2. The highest BCUT2D eigenvalue weighted by molar-refractivity contribution is 7.71. The van der Waals surface area contributed by atoms with Gasteiger partial charge in [-0.15, -0.1) is 0 Å². The van der Waals surface area contributed by atoms with E-state index in [0.29, 0.717) is 35.6 Å². The van der Waals surface area contributed by atoms with Crippen molar-refractivity contribution in [1.29, 1.82) is 0 Å². The zero-order chi connectivity index (χ0) is 20.7. The molecule has 9 heteroatoms. The van der Waals surface area contributed by atoms with Gasteiger partial charge in [-0.05, 0) is 49.3 Å². The Kier molecular flexibility index (Phi) is 7.74. The first-order valence-electron chi connectivity index (χ1n) is 9.24. The SMILES string of the molecule is CCn1c(CCNC(=O)C(NC(=O)c2ccc(OC)cc2)C(C)C)n[nH]c1=S. The summed E-state index contributed by atoms with van der Waals surface area (Å²) in [6, 6.07) is 6.11. The number of aromatic amines is 1. The Bertz CT molecular complexity index is 857. The van der Waals surface area contributed by atoms with Crippen molar-refractivity contribution in [1.82, 2.24) is 25.4 Å². The lowest BCUT2D eigenvalue weighted by Gasteiger charge is -2.21. The monoisotopic (exact) mass is 405 g/mol. The number of nitrogens with zero attached hydrogens (tertiary/aromatic N) is 2. The summed E-state index contributed by atoms with van der Waals surface area (Å²) in [5, 5.41) is 12.6. The highest BCUT2D eigenvalue weighted by Crippen LogP contribution is 2.12. The zero-order valence-corrected chi connectivity index (χ0v) is 17.4. The molecule has 0 saturated heterocycles. The molecule has 2 amide bonds. The van der Waals surface area contributed by atoms with Crippen molar-refractivity contribution in [3.8, 4) is 5.75 Å². The van der Waals surface area contributed by atoms with Crippen LogP contribution in [0, 0.1) is 10.7 Å². The minimum Gasteiger partial charge on any atom is -0.497 e. The maximum atomic E-state index is 12.6. The number of H-pyrrole nitrogens is 1. The van der Waals surface area contributed by atoms with Crippen molar-refractivity contribution in [3.05, 3.63) is 40.4 Å². The van der Waals surface area contributed by atoms with E-state index in [2.05, 4.69) is 20.8 Å². The maximum absolute atomic E-state index is 12.6. The molecule has 3 N–H and O–H groups in total. The summed E-state index contributed by atoms with van der Waals surface area (Å²) in [6.07, 6.45) is 0.546. The summed E-state index contributed by atoms with van der Waals surface area (Å²) in [5.41, 5.74) is 0.470. The van der Waals surface area contributed by atoms with Crippen molar-refractivity contribution in [3.63, 3.8) is 0 Å². The standard InChI is InChI=1S/C19H27N5O3S/c1-5-24-15(22-23-19(24)28)10-11-20-18(26)16(12(2)3)21-17(25)13-6-8-14(27-4)9-7-13/h6-9,12,16H,5,10-11H2,1-4H3,(H,20,26)(H,21,25)(H,23,28). The lowest BCUT2D eigenvalue weighted by molar-refractivity contribution is -0.123. The van der Waals surface area contributed by atoms with Gasteiger partial charge >= 0.3 is 0 Å². The number of benzene rings is 1. The van der Waals surface area contributed by atoms with Gasteiger partial charge in [-0.1, -0.05) is 13.8 Å². The predicted octanol–water partition coefficient (Wildman–Crippen LogP) is 2.08. The molecule has 1 atom stereocenters. The first kappa shape index (κ1) is 21.6. The highest BCUT2D eigenvalue weighted by Gasteiger charge is 2.24. The van der Waals surface area contributed by atoms with Crippen LogP contribution in [0.1, 0.15) is 37.0 Å². The first-order chi connectivity index (χ1) is 13.4. The van der Waals surface area contributed by atoms with Crippen molar-refractivity contribution in [2.45, 2.75) is 39.8 Å². The molecule has 0 aliphatic heterocycles. The molecule has 28 heavy (non-hydrogen) atoms. The third-order valence-electron chi connectivity index (χ3n) is 4.39. The van der Waals surface area contributed by atoms with Crippen LogP contribution in [0.5, 0.6) is 5.75 Å². The van der Waals surface area contributed by atoms with Gasteiger partial charge in [0.15, 0.2) is 4.77 Å². The average molecular weight is 406 g/mol. The van der Waals surface area contributed by atoms with E-state index in [1.165, 1.54) is 0 Å². The van der Waals surface area contributed by atoms with Crippen LogP contribution in [0.15, 0.2) is 24.3 Å². The Morgan fingerprint density at radius 3 is 2.54 bits per heavy atom. The van der Waals surface area contributed by atoms with Gasteiger partial charge in [0.2, 0.25) is 5.91 Å². The number of rotatable bonds is 9. The lowest BCUT2D eigenvalue weighted by Crippen LogP contribution is -2.50. The van der Waals surface area contributed by atoms with E-state index in [0.717, 1.165) is 5.82 Å². The first-order valence-corrected chi connectivity index (χ1v) is 9.64. The van der Waals surface area contributed by atoms with Crippen LogP contribution in [-0.2, 0) is 17.8 Å². The second-order valence-electron chi connectivity index (χ2n) is 6.65. The summed E-state index contributed by atoms with van der Waals surface area (Å²) >= 11 is 5.16. The normalized spacial score (nSPS) is 11.9. The van der Waals surface area contributed by atoms with Crippen LogP contribution < -0.4 is 15.4 Å². The van der Waals surface area contributed by atoms with Crippen LogP contribution >= 0.6 is 12.2 Å². The van der Waals surface area contributed by atoms with Crippen LogP contribution in [-0.4, -0.2) is 46.3 Å². The van der Waals surface area contributed by atoms with Gasteiger partial charge in [-0.2, -0.15) is 5.10 Å². The van der Waals surface area contributed by atoms with Crippen LogP contribution in [0.4, 0.5) is 0 Å². The summed E-state index contributed by atoms with van der Waals surface area (Å²) in [7, 11) is 1.56. The van der Waals surface area contributed by atoms with E-state index >= 15 is 0 Å². The van der Waals surface area contributed by atoms with E-state index in [1.807, 2.05) is 25.3 Å². The summed E-state index contributed by atoms with van der Waals surface area (Å²) < 4.78 is 7.54. The highest BCUT2D eigenvalue weighted by atomic mass is 32.1. The maximum Gasteiger partial charge on any atom is 0.251 e. The average Bonchev–Trinajstić information content (AvgIpc) is 3.05. The number of aromatic nitrogens is 3. The fourth-order valence-corrected chi connectivity index (χ4v) is 3.06. The molecular formula is C19H27N5O3S. The van der Waals surface area contributed by atoms with Crippen molar-refractivity contribution in [2.75, 3.05) is 13.7 Å². The molecule has 2 rings (SSSR count). The molecule has 0 aliphatic carbocycles. The van der Waals surface area contributed by atoms with Crippen molar-refractivity contribution in [2.24, 2.45) is 5.92 Å². The van der Waals surface area contributed by atoms with Crippen LogP contribution in [0.3, 0.4) is 0 Å². The minimum atomic E-state index is -0.637. The molecule has 152 valence electrons. The predicted molar refractivity (Wildman–Crippen MR) is 109 cm³/mol. The Labute approximate surface area is 169 Å². The molecule has 1 aromatic carbocycles. The summed E-state index contributed by atoms with van der Waals surface area (Å²) in [6.45, 7) is 6.88. The van der Waals surface area contributed by atoms with Gasteiger partial charge in [0.1, 0.15) is 17.6 Å². The number of hydrogen-bond donors (Lipinski definition) is 3. The third kappa shape index (κ3) is 5.41. The molecular weight excluding hydrogens is 378 g/mol. The molecule has 1 aromatic heterocycles. The molecule has 0 bridgehead atoms. The van der Waals surface area contributed by atoms with Gasteiger partial charge in [0.25, 0.3) is 5.91 Å². The number of methoxy groups -OCH3 is 1. The molecule has 2 aromatic rings. The fourth-order valence-electron chi connectivity index (χ4n) is 2.78. The number of nitrogens with one attached hydrogen (secondary N) is 3. The van der Waals surface area contributed by atoms with Crippen molar-refractivity contribution < 1.29 is 14.3 Å². The minimum absolute atomic E-state index is 0.0626. The van der Waals surface area contributed by atoms with Crippen LogP contribution in [0.2, 0.25) is 0 Å². The number of amides is 2. The molecule has 0 radical (unpaired) electrons. The molecule has 1 heterocycles. The Balaban J connectivity index is 1.95. The van der Waals surface area contributed by atoms with E-state index in [1.54, 1.807) is 31.4 Å². The van der Waals surface area contributed by atoms with Gasteiger partial charge < -0.3 is 19.9 Å². The Hall–Kier alpha value is -2.68. The van der Waals surface area contributed by atoms with E-state index in [-0.39, 0.29) is 17.7 Å². The second-order valence-corrected chi connectivity index (χ2v) is 7.04. The molecule has 0 spiro atoms. The van der Waals surface area contributed by atoms with Gasteiger partial charge in [0.05, 0.1) is 7.11 Å². The topological polar surface area (TPSA) is 101 Å². The van der Waals surface area contributed by atoms with Gasteiger partial charge in [-0.25, -0.2) is 0 Å².